The lowest BCUT2D eigenvalue weighted by Crippen LogP contribution is -2.00. The Labute approximate surface area is 89.9 Å². The van der Waals surface area contributed by atoms with Crippen molar-refractivity contribution in [2.45, 2.75) is 32.1 Å². The molecule has 80 valence electrons. The van der Waals surface area contributed by atoms with Crippen molar-refractivity contribution in [3.8, 4) is 11.5 Å². The van der Waals surface area contributed by atoms with E-state index in [1.165, 1.54) is 0 Å². The number of allylic oxidation sites excluding steroid dienone is 2. The van der Waals surface area contributed by atoms with Gasteiger partial charge in [-0.05, 0) is 37.8 Å². The SMILES string of the molecule is Cc1cc(O)c(O)c(C2C=CCCC2)c1. The van der Waals surface area contributed by atoms with Crippen LogP contribution in [0.4, 0.5) is 0 Å². The largest absolute Gasteiger partial charge is 0.504 e. The van der Waals surface area contributed by atoms with Crippen LogP contribution in [-0.4, -0.2) is 10.2 Å². The van der Waals surface area contributed by atoms with Crippen LogP contribution in [0, 0.1) is 6.92 Å². The molecule has 1 unspecified atom stereocenters. The number of phenols is 2. The van der Waals surface area contributed by atoms with Crippen LogP contribution in [0.15, 0.2) is 24.3 Å². The number of hydrogen-bond acceptors (Lipinski definition) is 2. The van der Waals surface area contributed by atoms with Crippen molar-refractivity contribution in [1.82, 2.24) is 0 Å². The zero-order valence-electron chi connectivity index (χ0n) is 8.90. The van der Waals surface area contributed by atoms with Gasteiger partial charge in [-0.3, -0.25) is 0 Å². The van der Waals surface area contributed by atoms with Gasteiger partial charge < -0.3 is 10.2 Å². The maximum atomic E-state index is 9.79. The lowest BCUT2D eigenvalue weighted by Gasteiger charge is -2.18. The standard InChI is InChI=1S/C13H16O2/c1-9-7-11(13(15)12(14)8-9)10-5-3-2-4-6-10/h3,5,7-8,10,14-15H,2,4,6H2,1H3. The lowest BCUT2D eigenvalue weighted by atomic mass is 9.88. The maximum absolute atomic E-state index is 9.79. The van der Waals surface area contributed by atoms with E-state index >= 15 is 0 Å². The monoisotopic (exact) mass is 204 g/mol. The Hall–Kier alpha value is -1.44. The number of aryl methyl sites for hydroxylation is 1. The van der Waals surface area contributed by atoms with Gasteiger partial charge >= 0.3 is 0 Å². The minimum atomic E-state index is -0.0102. The minimum absolute atomic E-state index is 0.0102. The summed E-state index contributed by atoms with van der Waals surface area (Å²) >= 11 is 0. The molecule has 2 heteroatoms. The van der Waals surface area contributed by atoms with E-state index in [-0.39, 0.29) is 17.4 Å². The lowest BCUT2D eigenvalue weighted by molar-refractivity contribution is 0.396. The van der Waals surface area contributed by atoms with Crippen LogP contribution in [0.1, 0.15) is 36.3 Å². The van der Waals surface area contributed by atoms with E-state index in [2.05, 4.69) is 12.2 Å². The third-order valence-corrected chi connectivity index (χ3v) is 2.92. The van der Waals surface area contributed by atoms with Crippen molar-refractivity contribution in [1.29, 1.82) is 0 Å². The molecule has 15 heavy (non-hydrogen) atoms. The van der Waals surface area contributed by atoms with E-state index in [1.807, 2.05) is 13.0 Å². The fourth-order valence-corrected chi connectivity index (χ4v) is 2.14. The molecule has 0 aromatic heterocycles. The van der Waals surface area contributed by atoms with Gasteiger partial charge in [-0.25, -0.2) is 0 Å². The molecular formula is C13H16O2. The first-order chi connectivity index (χ1) is 7.18. The summed E-state index contributed by atoms with van der Waals surface area (Å²) in [5, 5.41) is 19.3. The van der Waals surface area contributed by atoms with E-state index in [1.54, 1.807) is 6.07 Å². The first-order valence-electron chi connectivity index (χ1n) is 5.37. The Morgan fingerprint density at radius 3 is 2.73 bits per heavy atom. The first kappa shape index (κ1) is 10.1. The van der Waals surface area contributed by atoms with Crippen molar-refractivity contribution < 1.29 is 10.2 Å². The van der Waals surface area contributed by atoms with Gasteiger partial charge in [0, 0.05) is 11.5 Å². The van der Waals surface area contributed by atoms with E-state index in [4.69, 9.17) is 0 Å². The van der Waals surface area contributed by atoms with Crippen molar-refractivity contribution in [2.24, 2.45) is 0 Å². The normalized spacial score (nSPS) is 20.5. The van der Waals surface area contributed by atoms with Gasteiger partial charge in [0.2, 0.25) is 0 Å². The Kier molecular flexibility index (Phi) is 2.67. The molecule has 2 rings (SSSR count). The number of aromatic hydroxyl groups is 2. The minimum Gasteiger partial charge on any atom is -0.504 e. The highest BCUT2D eigenvalue weighted by Gasteiger charge is 2.17. The molecule has 1 aliphatic rings. The van der Waals surface area contributed by atoms with E-state index in [9.17, 15) is 10.2 Å². The highest BCUT2D eigenvalue weighted by molar-refractivity contribution is 5.50. The average molecular weight is 204 g/mol. The number of phenolic OH excluding ortho intramolecular Hbond substituents is 2. The van der Waals surface area contributed by atoms with Crippen molar-refractivity contribution in [3.05, 3.63) is 35.4 Å². The van der Waals surface area contributed by atoms with Gasteiger partial charge in [-0.2, -0.15) is 0 Å². The Balaban J connectivity index is 2.42. The molecule has 0 saturated heterocycles. The molecule has 0 heterocycles. The van der Waals surface area contributed by atoms with Crippen LogP contribution in [0.5, 0.6) is 11.5 Å². The van der Waals surface area contributed by atoms with Gasteiger partial charge in [0.25, 0.3) is 0 Å². The van der Waals surface area contributed by atoms with Gasteiger partial charge in [0.05, 0.1) is 0 Å². The van der Waals surface area contributed by atoms with Crippen LogP contribution in [-0.2, 0) is 0 Å². The highest BCUT2D eigenvalue weighted by atomic mass is 16.3. The second-order valence-corrected chi connectivity index (χ2v) is 4.19. The average Bonchev–Trinajstić information content (AvgIpc) is 2.24. The molecule has 0 saturated carbocycles. The molecule has 0 aliphatic heterocycles. The summed E-state index contributed by atoms with van der Waals surface area (Å²) in [6, 6.07) is 3.54. The zero-order valence-corrected chi connectivity index (χ0v) is 8.90. The number of rotatable bonds is 1. The zero-order chi connectivity index (χ0) is 10.8. The van der Waals surface area contributed by atoms with Gasteiger partial charge in [0.1, 0.15) is 0 Å². The van der Waals surface area contributed by atoms with Crippen molar-refractivity contribution >= 4 is 0 Å². The van der Waals surface area contributed by atoms with Crippen LogP contribution >= 0.6 is 0 Å². The van der Waals surface area contributed by atoms with Crippen LogP contribution in [0.3, 0.4) is 0 Å². The summed E-state index contributed by atoms with van der Waals surface area (Å²) in [4.78, 5) is 0. The smallest absolute Gasteiger partial charge is 0.161 e. The Bertz CT molecular complexity index is 394. The van der Waals surface area contributed by atoms with E-state index < -0.39 is 0 Å². The van der Waals surface area contributed by atoms with Gasteiger partial charge in [-0.1, -0.05) is 18.2 Å². The molecule has 0 fully saturated rings. The summed E-state index contributed by atoms with van der Waals surface area (Å²) in [5.74, 6) is 0.283. The summed E-state index contributed by atoms with van der Waals surface area (Å²) in [7, 11) is 0. The highest BCUT2D eigenvalue weighted by Crippen LogP contribution is 2.38. The number of benzene rings is 1. The van der Waals surface area contributed by atoms with Crippen LogP contribution in [0.2, 0.25) is 0 Å². The van der Waals surface area contributed by atoms with Gasteiger partial charge in [0.15, 0.2) is 11.5 Å². The van der Waals surface area contributed by atoms with E-state index in [0.717, 1.165) is 30.4 Å². The predicted octanol–water partition coefficient (Wildman–Crippen LogP) is 3.23. The molecule has 2 N–H and O–H groups in total. The molecule has 1 atom stereocenters. The summed E-state index contributed by atoms with van der Waals surface area (Å²) < 4.78 is 0. The molecule has 0 amide bonds. The van der Waals surface area contributed by atoms with Crippen LogP contribution < -0.4 is 0 Å². The summed E-state index contributed by atoms with van der Waals surface area (Å²) in [6.07, 6.45) is 7.59. The molecule has 0 radical (unpaired) electrons. The number of hydrogen-bond donors (Lipinski definition) is 2. The molecule has 1 aromatic carbocycles. The molecule has 0 bridgehead atoms. The second kappa shape index (κ2) is 3.97. The Morgan fingerprint density at radius 1 is 1.27 bits per heavy atom. The third kappa shape index (κ3) is 1.99. The van der Waals surface area contributed by atoms with Crippen molar-refractivity contribution in [3.63, 3.8) is 0 Å². The summed E-state index contributed by atoms with van der Waals surface area (Å²) in [5.41, 5.74) is 1.84. The fraction of sp³-hybridized carbons (Fsp3) is 0.385. The molecule has 1 aromatic rings. The summed E-state index contributed by atoms with van der Waals surface area (Å²) in [6.45, 7) is 1.93. The van der Waals surface area contributed by atoms with Gasteiger partial charge in [-0.15, -0.1) is 0 Å². The predicted molar refractivity (Wildman–Crippen MR) is 60.2 cm³/mol. The third-order valence-electron chi connectivity index (χ3n) is 2.92. The molecule has 0 spiro atoms. The quantitative estimate of drug-likeness (QED) is 0.544. The fourth-order valence-electron chi connectivity index (χ4n) is 2.14. The first-order valence-corrected chi connectivity index (χ1v) is 5.37. The second-order valence-electron chi connectivity index (χ2n) is 4.19. The molecular weight excluding hydrogens is 188 g/mol. The topological polar surface area (TPSA) is 40.5 Å². The molecule has 1 aliphatic carbocycles. The maximum Gasteiger partial charge on any atom is 0.161 e. The molecule has 2 nitrogen and oxygen atoms in total. The van der Waals surface area contributed by atoms with Crippen LogP contribution in [0.25, 0.3) is 0 Å². The Morgan fingerprint density at radius 2 is 2.07 bits per heavy atom. The van der Waals surface area contributed by atoms with Crippen molar-refractivity contribution in [2.75, 3.05) is 0 Å². The van der Waals surface area contributed by atoms with E-state index in [0.29, 0.717) is 0 Å².